The highest BCUT2D eigenvalue weighted by Gasteiger charge is 2.30. The molecule has 2 aromatic rings. The topological polar surface area (TPSA) is 87.3 Å². The highest BCUT2D eigenvalue weighted by atomic mass is 19.4. The molecule has 0 spiro atoms. The predicted octanol–water partition coefficient (Wildman–Crippen LogP) is 2.75. The molecule has 0 radical (unpaired) electrons. The van der Waals surface area contributed by atoms with Crippen molar-refractivity contribution in [3.63, 3.8) is 0 Å². The van der Waals surface area contributed by atoms with E-state index < -0.39 is 36.0 Å². The largest absolute Gasteiger partial charge is 0.416 e. The maximum Gasteiger partial charge on any atom is 0.416 e. The SMILES string of the molecule is CCc1ccccc1NC(=O)CNC(=O)CNC(=O)c1ccc(C(F)(F)F)cc1. The molecule has 0 bridgehead atoms. The lowest BCUT2D eigenvalue weighted by Crippen LogP contribution is -2.40. The van der Waals surface area contributed by atoms with Gasteiger partial charge >= 0.3 is 6.18 Å². The van der Waals surface area contributed by atoms with Crippen LogP contribution in [0, 0.1) is 0 Å². The number of hydrogen-bond acceptors (Lipinski definition) is 3. The van der Waals surface area contributed by atoms with Crippen LogP contribution in [0.4, 0.5) is 18.9 Å². The molecule has 0 atom stereocenters. The summed E-state index contributed by atoms with van der Waals surface area (Å²) in [5.74, 6) is -1.73. The summed E-state index contributed by atoms with van der Waals surface area (Å²) in [7, 11) is 0. The molecule has 0 saturated heterocycles. The number of nitrogens with one attached hydrogen (secondary N) is 3. The summed E-state index contributed by atoms with van der Waals surface area (Å²) in [5, 5.41) is 7.34. The van der Waals surface area contributed by atoms with Gasteiger partial charge in [0.2, 0.25) is 11.8 Å². The molecule has 0 aliphatic rings. The van der Waals surface area contributed by atoms with Crippen LogP contribution < -0.4 is 16.0 Å². The van der Waals surface area contributed by atoms with Gasteiger partial charge in [-0.05, 0) is 42.3 Å². The number of rotatable bonds is 7. The zero-order valence-corrected chi connectivity index (χ0v) is 15.6. The van der Waals surface area contributed by atoms with E-state index in [1.807, 2.05) is 19.1 Å². The lowest BCUT2D eigenvalue weighted by molar-refractivity contribution is -0.137. The van der Waals surface area contributed by atoms with Gasteiger partial charge in [0.25, 0.3) is 5.91 Å². The molecule has 3 N–H and O–H groups in total. The minimum absolute atomic E-state index is 0.0142. The van der Waals surface area contributed by atoms with Crippen molar-refractivity contribution in [1.29, 1.82) is 0 Å². The fraction of sp³-hybridized carbons (Fsp3) is 0.250. The first kappa shape index (κ1) is 21.9. The van der Waals surface area contributed by atoms with Crippen molar-refractivity contribution < 1.29 is 27.6 Å². The Hall–Kier alpha value is -3.36. The molecule has 0 unspecified atom stereocenters. The van der Waals surface area contributed by atoms with E-state index in [9.17, 15) is 27.6 Å². The molecule has 154 valence electrons. The molecule has 0 saturated carbocycles. The third kappa shape index (κ3) is 6.63. The Balaban J connectivity index is 1.78. The Morgan fingerprint density at radius 3 is 2.10 bits per heavy atom. The van der Waals surface area contributed by atoms with Crippen LogP contribution in [-0.4, -0.2) is 30.8 Å². The van der Waals surface area contributed by atoms with Gasteiger partial charge in [-0.2, -0.15) is 13.2 Å². The van der Waals surface area contributed by atoms with Crippen molar-refractivity contribution in [2.45, 2.75) is 19.5 Å². The Morgan fingerprint density at radius 1 is 0.862 bits per heavy atom. The molecule has 2 rings (SSSR count). The molecule has 6 nitrogen and oxygen atoms in total. The van der Waals surface area contributed by atoms with E-state index in [4.69, 9.17) is 0 Å². The normalized spacial score (nSPS) is 10.9. The highest BCUT2D eigenvalue weighted by Crippen LogP contribution is 2.29. The lowest BCUT2D eigenvalue weighted by atomic mass is 10.1. The maximum absolute atomic E-state index is 12.5. The first-order valence-electron chi connectivity index (χ1n) is 8.80. The van der Waals surface area contributed by atoms with Crippen LogP contribution in [0.5, 0.6) is 0 Å². The molecule has 0 aromatic heterocycles. The van der Waals surface area contributed by atoms with Gasteiger partial charge in [-0.3, -0.25) is 14.4 Å². The van der Waals surface area contributed by atoms with E-state index in [0.717, 1.165) is 36.2 Å². The van der Waals surface area contributed by atoms with Crippen LogP contribution in [0.25, 0.3) is 0 Å². The molecule has 3 amide bonds. The van der Waals surface area contributed by atoms with Crippen molar-refractivity contribution in [3.8, 4) is 0 Å². The lowest BCUT2D eigenvalue weighted by Gasteiger charge is -2.11. The monoisotopic (exact) mass is 407 g/mol. The summed E-state index contributed by atoms with van der Waals surface area (Å²) >= 11 is 0. The second-order valence-electron chi connectivity index (χ2n) is 6.09. The van der Waals surface area contributed by atoms with E-state index >= 15 is 0 Å². The van der Waals surface area contributed by atoms with Gasteiger partial charge in [0.05, 0.1) is 18.7 Å². The number of benzene rings is 2. The van der Waals surface area contributed by atoms with E-state index in [1.165, 1.54) is 0 Å². The van der Waals surface area contributed by atoms with E-state index in [0.29, 0.717) is 5.69 Å². The van der Waals surface area contributed by atoms with Crippen LogP contribution in [0.15, 0.2) is 48.5 Å². The fourth-order valence-corrected chi connectivity index (χ4v) is 2.46. The average Bonchev–Trinajstić information content (AvgIpc) is 2.70. The number of aryl methyl sites for hydroxylation is 1. The molecule has 0 fully saturated rings. The third-order valence-corrected chi connectivity index (χ3v) is 4.00. The minimum atomic E-state index is -4.49. The highest BCUT2D eigenvalue weighted by molar-refractivity contribution is 5.98. The van der Waals surface area contributed by atoms with Gasteiger partial charge in [0.1, 0.15) is 0 Å². The van der Waals surface area contributed by atoms with E-state index in [-0.39, 0.29) is 12.1 Å². The molecule has 0 aliphatic carbocycles. The summed E-state index contributed by atoms with van der Waals surface area (Å²) in [6, 6.07) is 10.9. The number of para-hydroxylation sites is 1. The van der Waals surface area contributed by atoms with Gasteiger partial charge in [-0.1, -0.05) is 25.1 Å². The number of alkyl halides is 3. The first-order chi connectivity index (χ1) is 13.7. The third-order valence-electron chi connectivity index (χ3n) is 4.00. The smallest absolute Gasteiger partial charge is 0.345 e. The Bertz CT molecular complexity index is 881. The number of anilines is 1. The summed E-state index contributed by atoms with van der Waals surface area (Å²) in [6.45, 7) is 1.25. The zero-order chi connectivity index (χ0) is 21.4. The van der Waals surface area contributed by atoms with E-state index in [2.05, 4.69) is 16.0 Å². The standard InChI is InChI=1S/C20H20F3N3O3/c1-2-13-5-3-4-6-16(13)26-18(28)12-24-17(27)11-25-19(29)14-7-9-15(10-8-14)20(21,22)23/h3-10H,2,11-12H2,1H3,(H,24,27)(H,25,29)(H,26,28). The summed E-state index contributed by atoms with van der Waals surface area (Å²) in [6.07, 6.45) is -3.76. The summed E-state index contributed by atoms with van der Waals surface area (Å²) in [5.41, 5.74) is 0.725. The summed E-state index contributed by atoms with van der Waals surface area (Å²) < 4.78 is 37.6. The average molecular weight is 407 g/mol. The van der Waals surface area contributed by atoms with Crippen LogP contribution in [0.2, 0.25) is 0 Å². The predicted molar refractivity (Wildman–Crippen MR) is 101 cm³/mol. The minimum Gasteiger partial charge on any atom is -0.345 e. The van der Waals surface area contributed by atoms with Gasteiger partial charge < -0.3 is 16.0 Å². The Labute approximate surface area is 165 Å². The molecule has 29 heavy (non-hydrogen) atoms. The Morgan fingerprint density at radius 2 is 1.48 bits per heavy atom. The zero-order valence-electron chi connectivity index (χ0n) is 15.6. The second kappa shape index (κ2) is 9.72. The van der Waals surface area contributed by atoms with Crippen molar-refractivity contribution in [2.24, 2.45) is 0 Å². The molecular weight excluding hydrogens is 387 g/mol. The molecular formula is C20H20F3N3O3. The van der Waals surface area contributed by atoms with Gasteiger partial charge in [-0.25, -0.2) is 0 Å². The number of hydrogen-bond donors (Lipinski definition) is 3. The quantitative estimate of drug-likeness (QED) is 0.660. The maximum atomic E-state index is 12.5. The summed E-state index contributed by atoms with van der Waals surface area (Å²) in [4.78, 5) is 35.7. The molecule has 0 heterocycles. The number of carbonyl (C=O) groups is 3. The van der Waals surface area contributed by atoms with Gasteiger partial charge in [-0.15, -0.1) is 0 Å². The van der Waals surface area contributed by atoms with Crippen LogP contribution in [0.1, 0.15) is 28.4 Å². The van der Waals surface area contributed by atoms with Crippen molar-refractivity contribution in [3.05, 3.63) is 65.2 Å². The molecule has 2 aromatic carbocycles. The number of amides is 3. The number of carbonyl (C=O) groups excluding carboxylic acids is 3. The van der Waals surface area contributed by atoms with Crippen molar-refractivity contribution in [2.75, 3.05) is 18.4 Å². The fourth-order valence-electron chi connectivity index (χ4n) is 2.46. The van der Waals surface area contributed by atoms with Crippen LogP contribution >= 0.6 is 0 Å². The van der Waals surface area contributed by atoms with Crippen molar-refractivity contribution >= 4 is 23.4 Å². The Kier molecular flexibility index (Phi) is 7.35. The van der Waals surface area contributed by atoms with Gasteiger partial charge in [0, 0.05) is 11.3 Å². The second-order valence-corrected chi connectivity index (χ2v) is 6.09. The number of halogens is 3. The van der Waals surface area contributed by atoms with Crippen LogP contribution in [0.3, 0.4) is 0 Å². The van der Waals surface area contributed by atoms with Gasteiger partial charge in [0.15, 0.2) is 0 Å². The first-order valence-corrected chi connectivity index (χ1v) is 8.80. The van der Waals surface area contributed by atoms with Crippen molar-refractivity contribution in [1.82, 2.24) is 10.6 Å². The molecule has 9 heteroatoms. The van der Waals surface area contributed by atoms with Crippen LogP contribution in [-0.2, 0) is 22.2 Å². The molecule has 0 aliphatic heterocycles. The van der Waals surface area contributed by atoms with E-state index in [1.54, 1.807) is 12.1 Å².